The molecule has 10 aliphatic rings. The largest absolute Gasteiger partial charge is 0.462 e. The maximum absolute atomic E-state index is 6.67. The SMILES string of the molecule is CC1=C(/C=C/c2cccc(/C=C/C3=C(C)[C@@H]4CC[C@@H](C)[C@@H]5CC[C@@]6(C)OO[C@@]45[C@H](O3)O6)c2)O[C@@H]2O[C@@]3(C)CC[C@H]4[C@H](C)CC[C@@H]1[C@@]24OO3. The summed E-state index contributed by atoms with van der Waals surface area (Å²) in [5, 5.41) is 0. The molecule has 8 nitrogen and oxygen atoms in total. The lowest BCUT2D eigenvalue weighted by atomic mass is 9.59. The van der Waals surface area contributed by atoms with Crippen molar-refractivity contribution in [2.45, 2.75) is 128 Å². The molecule has 1 aromatic rings. The van der Waals surface area contributed by atoms with Crippen LogP contribution in [0.5, 0.6) is 0 Å². The van der Waals surface area contributed by atoms with Gasteiger partial charge in [-0.2, -0.15) is 0 Å². The van der Waals surface area contributed by atoms with E-state index >= 15 is 0 Å². The Labute approximate surface area is 284 Å². The maximum Gasteiger partial charge on any atom is 0.235 e. The van der Waals surface area contributed by atoms with Crippen LogP contribution in [0, 0.1) is 35.5 Å². The highest BCUT2D eigenvalue weighted by atomic mass is 17.3. The second kappa shape index (κ2) is 11.0. The first-order valence-corrected chi connectivity index (χ1v) is 18.3. The summed E-state index contributed by atoms with van der Waals surface area (Å²) in [5.74, 6) is 2.28. The zero-order valence-corrected chi connectivity index (χ0v) is 29.2. The van der Waals surface area contributed by atoms with Crippen LogP contribution in [0.15, 0.2) is 59.1 Å². The molecule has 8 fully saturated rings. The van der Waals surface area contributed by atoms with Gasteiger partial charge in [-0.05, 0) is 119 Å². The van der Waals surface area contributed by atoms with Crippen molar-refractivity contribution in [3.63, 3.8) is 0 Å². The van der Waals surface area contributed by atoms with Crippen LogP contribution in [0.2, 0.25) is 0 Å². The number of allylic oxidation sites excluding steroid dienone is 2. The lowest BCUT2D eigenvalue weighted by Crippen LogP contribution is -2.66. The molecular weight excluding hydrogens is 608 g/mol. The molecule has 2 saturated carbocycles. The highest BCUT2D eigenvalue weighted by Crippen LogP contribution is 2.62. The lowest BCUT2D eigenvalue weighted by Gasteiger charge is -2.57. The van der Waals surface area contributed by atoms with Gasteiger partial charge in [-0.25, -0.2) is 19.6 Å². The van der Waals surface area contributed by atoms with Crippen LogP contribution < -0.4 is 0 Å². The summed E-state index contributed by atoms with van der Waals surface area (Å²) in [6.45, 7) is 13.0. The van der Waals surface area contributed by atoms with Gasteiger partial charge in [0.15, 0.2) is 11.2 Å². The van der Waals surface area contributed by atoms with Crippen molar-refractivity contribution in [2.24, 2.45) is 35.5 Å². The first kappa shape index (κ1) is 31.5. The molecule has 8 heterocycles. The quantitative estimate of drug-likeness (QED) is 0.298. The van der Waals surface area contributed by atoms with Crippen molar-refractivity contribution in [3.8, 4) is 0 Å². The van der Waals surface area contributed by atoms with Gasteiger partial charge in [-0.15, -0.1) is 0 Å². The van der Waals surface area contributed by atoms with E-state index < -0.39 is 35.4 Å². The summed E-state index contributed by atoms with van der Waals surface area (Å²) >= 11 is 0. The number of hydrogen-bond donors (Lipinski definition) is 0. The Balaban J connectivity index is 0.973. The van der Waals surface area contributed by atoms with Gasteiger partial charge >= 0.3 is 0 Å². The summed E-state index contributed by atoms with van der Waals surface area (Å²) in [6, 6.07) is 8.52. The van der Waals surface area contributed by atoms with E-state index in [1.165, 1.54) is 24.0 Å². The van der Waals surface area contributed by atoms with Crippen LogP contribution in [-0.2, 0) is 38.5 Å². The molecule has 8 heteroatoms. The van der Waals surface area contributed by atoms with Crippen LogP contribution in [-0.4, -0.2) is 35.4 Å². The van der Waals surface area contributed by atoms with Gasteiger partial charge in [-0.1, -0.05) is 44.2 Å². The van der Waals surface area contributed by atoms with Gasteiger partial charge in [0.2, 0.25) is 24.2 Å². The fraction of sp³-hybridized carbons (Fsp3) is 0.650. The van der Waals surface area contributed by atoms with E-state index in [9.17, 15) is 0 Å². The molecule has 4 bridgehead atoms. The number of fused-ring (bicyclic) bond motifs is 4. The van der Waals surface area contributed by atoms with Gasteiger partial charge in [0.1, 0.15) is 11.5 Å². The third kappa shape index (κ3) is 4.55. The van der Waals surface area contributed by atoms with Crippen LogP contribution >= 0.6 is 0 Å². The minimum Gasteiger partial charge on any atom is -0.462 e. The third-order valence-electron chi connectivity index (χ3n) is 13.5. The molecule has 48 heavy (non-hydrogen) atoms. The van der Waals surface area contributed by atoms with Crippen molar-refractivity contribution >= 4 is 12.2 Å². The number of ether oxygens (including phenoxy) is 4. The average molecular weight is 659 g/mol. The van der Waals surface area contributed by atoms with Gasteiger partial charge < -0.3 is 18.9 Å². The topological polar surface area (TPSA) is 73.8 Å². The van der Waals surface area contributed by atoms with Gasteiger partial charge in [0.05, 0.1) is 0 Å². The summed E-state index contributed by atoms with van der Waals surface area (Å²) in [7, 11) is 0. The van der Waals surface area contributed by atoms with Gasteiger partial charge in [0, 0.05) is 36.5 Å². The van der Waals surface area contributed by atoms with Crippen LogP contribution in [0.1, 0.15) is 104 Å². The second-order valence-electron chi connectivity index (χ2n) is 16.4. The first-order valence-electron chi connectivity index (χ1n) is 18.3. The smallest absolute Gasteiger partial charge is 0.235 e. The van der Waals surface area contributed by atoms with Crippen molar-refractivity contribution in [1.29, 1.82) is 0 Å². The molecule has 2 aliphatic carbocycles. The summed E-state index contributed by atoms with van der Waals surface area (Å²) < 4.78 is 26.4. The van der Waals surface area contributed by atoms with Gasteiger partial charge in [-0.3, -0.25) is 0 Å². The van der Waals surface area contributed by atoms with E-state index in [0.717, 1.165) is 61.2 Å². The molecule has 0 radical (unpaired) electrons. The van der Waals surface area contributed by atoms with Crippen LogP contribution in [0.25, 0.3) is 12.2 Å². The van der Waals surface area contributed by atoms with E-state index in [1.54, 1.807) is 0 Å². The molecule has 0 amide bonds. The molecule has 1 aromatic carbocycles. The normalized spacial score (nSPS) is 47.8. The molecule has 0 aromatic heterocycles. The Morgan fingerprint density at radius 3 is 1.52 bits per heavy atom. The number of rotatable bonds is 4. The molecule has 2 spiro atoms. The zero-order chi connectivity index (χ0) is 33.1. The predicted molar refractivity (Wildman–Crippen MR) is 178 cm³/mol. The van der Waals surface area contributed by atoms with Crippen LogP contribution in [0.3, 0.4) is 0 Å². The predicted octanol–water partition coefficient (Wildman–Crippen LogP) is 8.75. The van der Waals surface area contributed by atoms with Crippen molar-refractivity contribution in [1.82, 2.24) is 0 Å². The Morgan fingerprint density at radius 1 is 0.604 bits per heavy atom. The van der Waals surface area contributed by atoms with E-state index in [4.69, 9.17) is 38.5 Å². The third-order valence-corrected chi connectivity index (χ3v) is 13.5. The standard InChI is InChI=1S/C40H50O8/c1-23-10-14-31-25(3)33(41-35-39(31)29(23)18-20-37(5,43-35)45-47-39)16-12-27-8-7-9-28(22-27)13-17-34-26(4)32-15-11-24(2)30-19-21-38(6)44-36(42-34)40(30,32)48-46-38/h7-9,12-13,16-17,22-24,29-32,35-36H,10-11,14-15,18-21H2,1-6H3/b16-12+,17-13+/t23-,24-,29+,30+,31+,32+,35-,36-,37-,38-,39-,40-/m1/s1. The molecular formula is C40H50O8. The minimum absolute atomic E-state index is 0.190. The Morgan fingerprint density at radius 2 is 1.06 bits per heavy atom. The van der Waals surface area contributed by atoms with Crippen molar-refractivity contribution in [2.75, 3.05) is 0 Å². The molecule has 11 rings (SSSR count). The Hall–Kier alpha value is -2.46. The molecule has 12 atom stereocenters. The van der Waals surface area contributed by atoms with Crippen molar-refractivity contribution < 1.29 is 38.5 Å². The summed E-state index contributed by atoms with van der Waals surface area (Å²) in [5.41, 5.74) is 3.41. The molecule has 258 valence electrons. The molecule has 0 unspecified atom stereocenters. The Kier molecular flexibility index (Phi) is 7.23. The summed E-state index contributed by atoms with van der Waals surface area (Å²) in [4.78, 5) is 24.5. The highest BCUT2D eigenvalue weighted by molar-refractivity contribution is 5.60. The minimum atomic E-state index is -0.785. The van der Waals surface area contributed by atoms with E-state index in [-0.39, 0.29) is 11.8 Å². The number of hydrogen-bond acceptors (Lipinski definition) is 8. The average Bonchev–Trinajstić information content (AvgIpc) is 3.45. The maximum atomic E-state index is 6.67. The highest BCUT2D eigenvalue weighted by Gasteiger charge is 2.69. The molecule has 6 saturated heterocycles. The summed E-state index contributed by atoms with van der Waals surface area (Å²) in [6.07, 6.45) is 15.5. The first-order chi connectivity index (χ1) is 23.0. The Bertz CT molecular complexity index is 1500. The van der Waals surface area contributed by atoms with E-state index in [1.807, 2.05) is 13.8 Å². The van der Waals surface area contributed by atoms with Crippen LogP contribution in [0.4, 0.5) is 0 Å². The fourth-order valence-electron chi connectivity index (χ4n) is 10.7. The van der Waals surface area contributed by atoms with E-state index in [0.29, 0.717) is 23.7 Å². The van der Waals surface area contributed by atoms with E-state index in [2.05, 4.69) is 76.3 Å². The molecule has 8 aliphatic heterocycles. The fourth-order valence-corrected chi connectivity index (χ4v) is 10.7. The van der Waals surface area contributed by atoms with Gasteiger partial charge in [0.25, 0.3) is 0 Å². The number of benzene rings is 1. The van der Waals surface area contributed by atoms with Crippen molar-refractivity contribution in [3.05, 3.63) is 70.2 Å². The second-order valence-corrected chi connectivity index (χ2v) is 16.4. The monoisotopic (exact) mass is 658 g/mol. The molecule has 0 N–H and O–H groups in total. The zero-order valence-electron chi connectivity index (χ0n) is 29.2. The lowest BCUT2D eigenvalue weighted by molar-refractivity contribution is -0.556.